The lowest BCUT2D eigenvalue weighted by Crippen LogP contribution is -2.30. The summed E-state index contributed by atoms with van der Waals surface area (Å²) in [5, 5.41) is 28.1. The maximum atomic E-state index is 9.48. The van der Waals surface area contributed by atoms with Crippen molar-refractivity contribution in [2.75, 3.05) is 26.4 Å². The highest BCUT2D eigenvalue weighted by Crippen LogP contribution is 2.61. The highest BCUT2D eigenvalue weighted by Gasteiger charge is 2.49. The second-order valence-electron chi connectivity index (χ2n) is 15.9. The van der Waals surface area contributed by atoms with Crippen LogP contribution in [0, 0.1) is 0 Å². The van der Waals surface area contributed by atoms with E-state index < -0.39 is 5.41 Å². The van der Waals surface area contributed by atoms with E-state index in [1.165, 1.54) is 54.9 Å². The second-order valence-corrected chi connectivity index (χ2v) is 15.9. The number of aliphatic hydroxyl groups excluding tert-OH is 2. The predicted molar refractivity (Wildman–Crippen MR) is 250 cm³/mol. The number of rotatable bonds is 10. The third-order valence-corrected chi connectivity index (χ3v) is 12.5. The van der Waals surface area contributed by atoms with Crippen LogP contribution in [0.25, 0.3) is 76.5 Å². The Labute approximate surface area is 354 Å². The number of aliphatic hydroxyl groups is 2. The number of hydrogen-bond donors (Lipinski definition) is 2. The first-order chi connectivity index (χ1) is 30.1. The minimum atomic E-state index is -0.782. The average molecular weight is 791 g/mol. The molecule has 4 nitrogen and oxygen atoms in total. The standard InChI is InChI=1S/C57H42O4/c58-27-29-60-49-25-21-41-33-47(23-19-43(41)35-49)57(48-24-20-44-36-50(61-30-28-59)26-22-42(44)34-48)55-51(45-17-15-37-7-1-3-9-39(37)31-45)11-5-13-53(55)54-14-6-12-52(56(54)57)46-18-16-38-8-2-4-10-40(38)32-46/h1-26,31-36,58-59H,27-30H2. The minimum Gasteiger partial charge on any atom is -0.491 e. The van der Waals surface area contributed by atoms with Crippen molar-refractivity contribution >= 4 is 43.1 Å². The number of fused-ring (bicyclic) bond motifs is 7. The molecule has 0 fully saturated rings. The molecule has 4 heteroatoms. The first kappa shape index (κ1) is 36.8. The lowest BCUT2D eigenvalue weighted by atomic mass is 9.64. The molecule has 0 unspecified atom stereocenters. The number of hydrogen-bond acceptors (Lipinski definition) is 4. The van der Waals surface area contributed by atoms with E-state index >= 15 is 0 Å². The maximum absolute atomic E-state index is 9.48. The highest BCUT2D eigenvalue weighted by atomic mass is 16.5. The Bertz CT molecular complexity index is 3090. The third kappa shape index (κ3) is 6.14. The van der Waals surface area contributed by atoms with Gasteiger partial charge in [0.15, 0.2) is 0 Å². The molecular formula is C57H42O4. The first-order valence-electron chi connectivity index (χ1n) is 20.9. The van der Waals surface area contributed by atoms with Gasteiger partial charge in [0.25, 0.3) is 0 Å². The van der Waals surface area contributed by atoms with Crippen molar-refractivity contribution in [3.05, 3.63) is 216 Å². The molecule has 0 bridgehead atoms. The van der Waals surface area contributed by atoms with Gasteiger partial charge in [-0.25, -0.2) is 0 Å². The van der Waals surface area contributed by atoms with Crippen LogP contribution in [0.5, 0.6) is 11.5 Å². The van der Waals surface area contributed by atoms with E-state index in [9.17, 15) is 10.2 Å². The molecule has 0 saturated heterocycles. The van der Waals surface area contributed by atoms with Gasteiger partial charge in [-0.2, -0.15) is 0 Å². The topological polar surface area (TPSA) is 58.9 Å². The van der Waals surface area contributed by atoms with Crippen LogP contribution in [-0.4, -0.2) is 36.6 Å². The van der Waals surface area contributed by atoms with Gasteiger partial charge in [0.05, 0.1) is 18.6 Å². The zero-order valence-corrected chi connectivity index (χ0v) is 33.5. The Morgan fingerprint density at radius 3 is 1.16 bits per heavy atom. The SMILES string of the molecule is OCCOc1ccc2cc(C3(c4ccc5cc(OCCO)ccc5c4)c4c(-c5ccc6ccccc6c5)cccc4-c4cccc(-c5ccc6ccccc6c5)c43)ccc2c1. The summed E-state index contributed by atoms with van der Waals surface area (Å²) in [6, 6.07) is 70.7. The Hall–Kier alpha value is -7.24. The van der Waals surface area contributed by atoms with Gasteiger partial charge in [0.1, 0.15) is 24.7 Å². The minimum absolute atomic E-state index is 0.0415. The molecule has 1 aliphatic carbocycles. The third-order valence-electron chi connectivity index (χ3n) is 12.5. The Kier molecular flexibility index (Phi) is 9.11. The van der Waals surface area contributed by atoms with Gasteiger partial charge in [-0.3, -0.25) is 0 Å². The van der Waals surface area contributed by atoms with Crippen LogP contribution in [-0.2, 0) is 5.41 Å². The van der Waals surface area contributed by atoms with E-state index in [1.807, 2.05) is 12.1 Å². The molecule has 0 amide bonds. The summed E-state index contributed by atoms with van der Waals surface area (Å²) in [6.07, 6.45) is 0. The smallest absolute Gasteiger partial charge is 0.120 e. The molecule has 10 aromatic rings. The van der Waals surface area contributed by atoms with Crippen LogP contribution < -0.4 is 9.47 Å². The molecular weight excluding hydrogens is 749 g/mol. The molecule has 2 N–H and O–H groups in total. The lowest BCUT2D eigenvalue weighted by molar-refractivity contribution is 0.201. The Balaban J connectivity index is 1.26. The molecule has 294 valence electrons. The van der Waals surface area contributed by atoms with Crippen molar-refractivity contribution in [1.82, 2.24) is 0 Å². The van der Waals surface area contributed by atoms with Crippen molar-refractivity contribution < 1.29 is 19.7 Å². The molecule has 11 rings (SSSR count). The van der Waals surface area contributed by atoms with Gasteiger partial charge < -0.3 is 19.7 Å². The van der Waals surface area contributed by atoms with E-state index in [4.69, 9.17) is 9.47 Å². The van der Waals surface area contributed by atoms with Gasteiger partial charge in [0, 0.05) is 0 Å². The Morgan fingerprint density at radius 1 is 0.328 bits per heavy atom. The zero-order valence-electron chi connectivity index (χ0n) is 33.5. The molecule has 0 heterocycles. The molecule has 0 aliphatic heterocycles. The first-order valence-corrected chi connectivity index (χ1v) is 20.9. The average Bonchev–Trinajstić information content (AvgIpc) is 3.63. The van der Waals surface area contributed by atoms with Crippen LogP contribution >= 0.6 is 0 Å². The van der Waals surface area contributed by atoms with E-state index in [-0.39, 0.29) is 26.4 Å². The molecule has 61 heavy (non-hydrogen) atoms. The Morgan fingerprint density at radius 2 is 0.705 bits per heavy atom. The van der Waals surface area contributed by atoms with Crippen LogP contribution in [0.1, 0.15) is 22.3 Å². The number of benzene rings is 10. The molecule has 1 aliphatic rings. The summed E-state index contributed by atoms with van der Waals surface area (Å²) in [6.45, 7) is 0.402. The van der Waals surface area contributed by atoms with Crippen LogP contribution in [0.2, 0.25) is 0 Å². The van der Waals surface area contributed by atoms with Gasteiger partial charge in [0.2, 0.25) is 0 Å². The summed E-state index contributed by atoms with van der Waals surface area (Å²) in [7, 11) is 0. The fourth-order valence-corrected chi connectivity index (χ4v) is 9.85. The van der Waals surface area contributed by atoms with E-state index in [2.05, 4.69) is 182 Å². The normalized spacial score (nSPS) is 12.8. The summed E-state index contributed by atoms with van der Waals surface area (Å²) in [4.78, 5) is 0. The molecule has 0 radical (unpaired) electrons. The van der Waals surface area contributed by atoms with Crippen molar-refractivity contribution in [2.45, 2.75) is 5.41 Å². The van der Waals surface area contributed by atoms with Crippen molar-refractivity contribution in [2.24, 2.45) is 0 Å². The zero-order chi connectivity index (χ0) is 40.9. The molecule has 0 spiro atoms. The molecule has 0 atom stereocenters. The van der Waals surface area contributed by atoms with E-state index in [0.717, 1.165) is 55.3 Å². The molecule has 0 saturated carbocycles. The van der Waals surface area contributed by atoms with Crippen molar-refractivity contribution in [1.29, 1.82) is 0 Å². The molecule has 0 aromatic heterocycles. The van der Waals surface area contributed by atoms with E-state index in [1.54, 1.807) is 0 Å². The lowest BCUT2D eigenvalue weighted by Gasteiger charge is -2.37. The van der Waals surface area contributed by atoms with Crippen molar-refractivity contribution in [3.8, 4) is 44.9 Å². The summed E-state index contributed by atoms with van der Waals surface area (Å²) >= 11 is 0. The summed E-state index contributed by atoms with van der Waals surface area (Å²) in [5.74, 6) is 1.46. The maximum Gasteiger partial charge on any atom is 0.120 e. The summed E-state index contributed by atoms with van der Waals surface area (Å²) in [5.41, 5.74) is 11.2. The fourth-order valence-electron chi connectivity index (χ4n) is 9.85. The number of ether oxygens (including phenoxy) is 2. The monoisotopic (exact) mass is 790 g/mol. The van der Waals surface area contributed by atoms with Crippen LogP contribution in [0.3, 0.4) is 0 Å². The van der Waals surface area contributed by atoms with E-state index in [0.29, 0.717) is 0 Å². The van der Waals surface area contributed by atoms with Gasteiger partial charge >= 0.3 is 0 Å². The second kappa shape index (κ2) is 15.1. The fraction of sp³-hybridized carbons (Fsp3) is 0.0877. The van der Waals surface area contributed by atoms with Gasteiger partial charge in [-0.15, -0.1) is 0 Å². The van der Waals surface area contributed by atoms with Crippen LogP contribution in [0.15, 0.2) is 194 Å². The largest absolute Gasteiger partial charge is 0.491 e. The van der Waals surface area contributed by atoms with Gasteiger partial charge in [-0.1, -0.05) is 146 Å². The van der Waals surface area contributed by atoms with Gasteiger partial charge in [-0.05, 0) is 147 Å². The molecule has 10 aromatic carbocycles. The van der Waals surface area contributed by atoms with Crippen LogP contribution in [0.4, 0.5) is 0 Å². The summed E-state index contributed by atoms with van der Waals surface area (Å²) < 4.78 is 11.7. The predicted octanol–water partition coefficient (Wildman–Crippen LogP) is 12.7. The highest BCUT2D eigenvalue weighted by molar-refractivity contribution is 6.01. The quantitative estimate of drug-likeness (QED) is 0.145. The van der Waals surface area contributed by atoms with Crippen molar-refractivity contribution in [3.63, 3.8) is 0 Å².